The molecule has 2 N–H and O–H groups in total. The van der Waals surface area contributed by atoms with Crippen molar-refractivity contribution in [3.05, 3.63) is 58.9 Å². The standard InChI is InChI=1S/C18H16ClN3O3/c1-10-3-5-13(19)8-15(10)22-17(23)11(2)25-18(24)12-4-6-14-16(7-12)21-9-20-14/h3-9,11H,1-2H3,(H,20,21)(H,22,23). The third-order valence-corrected chi connectivity index (χ3v) is 4.00. The number of ether oxygens (including phenoxy) is 1. The number of carbonyl (C=O) groups is 2. The number of hydrogen-bond acceptors (Lipinski definition) is 4. The van der Waals surface area contributed by atoms with Gasteiger partial charge >= 0.3 is 5.97 Å². The Hall–Kier alpha value is -2.86. The second kappa shape index (κ2) is 6.94. The van der Waals surface area contributed by atoms with Crippen LogP contribution in [0.2, 0.25) is 5.02 Å². The topological polar surface area (TPSA) is 84.1 Å². The summed E-state index contributed by atoms with van der Waals surface area (Å²) in [5, 5.41) is 3.23. The molecule has 3 aromatic rings. The molecule has 1 unspecified atom stereocenters. The van der Waals surface area contributed by atoms with Crippen LogP contribution in [0.3, 0.4) is 0 Å². The van der Waals surface area contributed by atoms with E-state index in [4.69, 9.17) is 16.3 Å². The summed E-state index contributed by atoms with van der Waals surface area (Å²) in [6.07, 6.45) is 0.590. The number of hydrogen-bond donors (Lipinski definition) is 2. The Labute approximate surface area is 149 Å². The lowest BCUT2D eigenvalue weighted by molar-refractivity contribution is -0.123. The van der Waals surface area contributed by atoms with E-state index in [0.717, 1.165) is 16.6 Å². The summed E-state index contributed by atoms with van der Waals surface area (Å²) in [6, 6.07) is 10.1. The number of aromatic nitrogens is 2. The average molecular weight is 358 g/mol. The molecular formula is C18H16ClN3O3. The Morgan fingerprint density at radius 1 is 1.24 bits per heavy atom. The highest BCUT2D eigenvalue weighted by Crippen LogP contribution is 2.20. The van der Waals surface area contributed by atoms with E-state index >= 15 is 0 Å². The number of aromatic amines is 1. The molecule has 0 bridgehead atoms. The molecule has 7 heteroatoms. The summed E-state index contributed by atoms with van der Waals surface area (Å²) in [4.78, 5) is 31.5. The fraction of sp³-hybridized carbons (Fsp3) is 0.167. The first kappa shape index (κ1) is 17.0. The van der Waals surface area contributed by atoms with Crippen molar-refractivity contribution in [2.75, 3.05) is 5.32 Å². The minimum atomic E-state index is -0.955. The molecule has 128 valence electrons. The van der Waals surface area contributed by atoms with Crippen molar-refractivity contribution in [1.29, 1.82) is 0 Å². The van der Waals surface area contributed by atoms with E-state index < -0.39 is 18.0 Å². The number of anilines is 1. The zero-order valence-corrected chi connectivity index (χ0v) is 14.4. The maximum Gasteiger partial charge on any atom is 0.338 e. The van der Waals surface area contributed by atoms with Gasteiger partial charge < -0.3 is 15.0 Å². The zero-order valence-electron chi connectivity index (χ0n) is 13.7. The van der Waals surface area contributed by atoms with Crippen molar-refractivity contribution in [2.24, 2.45) is 0 Å². The second-order valence-electron chi connectivity index (χ2n) is 5.63. The molecule has 6 nitrogen and oxygen atoms in total. The molecule has 0 aliphatic heterocycles. The van der Waals surface area contributed by atoms with Gasteiger partial charge in [0.1, 0.15) is 0 Å². The van der Waals surface area contributed by atoms with Crippen LogP contribution in [-0.2, 0) is 9.53 Å². The van der Waals surface area contributed by atoms with E-state index in [1.54, 1.807) is 42.7 Å². The van der Waals surface area contributed by atoms with E-state index in [2.05, 4.69) is 15.3 Å². The molecule has 1 atom stereocenters. The van der Waals surface area contributed by atoms with Gasteiger partial charge in [0.15, 0.2) is 6.10 Å². The van der Waals surface area contributed by atoms with Crippen molar-refractivity contribution in [1.82, 2.24) is 9.97 Å². The summed E-state index contributed by atoms with van der Waals surface area (Å²) in [7, 11) is 0. The first-order valence-corrected chi connectivity index (χ1v) is 8.03. The van der Waals surface area contributed by atoms with Crippen LogP contribution in [0.15, 0.2) is 42.7 Å². The number of imidazole rings is 1. The lowest BCUT2D eigenvalue weighted by Crippen LogP contribution is -2.30. The molecule has 0 saturated heterocycles. The molecule has 0 aliphatic rings. The van der Waals surface area contributed by atoms with Gasteiger partial charge in [0.05, 0.1) is 22.9 Å². The third kappa shape index (κ3) is 3.80. The largest absolute Gasteiger partial charge is 0.449 e. The minimum Gasteiger partial charge on any atom is -0.449 e. The summed E-state index contributed by atoms with van der Waals surface area (Å²) in [5.41, 5.74) is 3.26. The monoisotopic (exact) mass is 357 g/mol. The molecule has 0 aliphatic carbocycles. The predicted molar refractivity (Wildman–Crippen MR) is 95.8 cm³/mol. The third-order valence-electron chi connectivity index (χ3n) is 3.77. The van der Waals surface area contributed by atoms with Gasteiger partial charge in [-0.05, 0) is 49.7 Å². The molecule has 1 amide bonds. The fourth-order valence-corrected chi connectivity index (χ4v) is 2.48. The van der Waals surface area contributed by atoms with Gasteiger partial charge in [0, 0.05) is 10.7 Å². The van der Waals surface area contributed by atoms with Crippen molar-refractivity contribution in [2.45, 2.75) is 20.0 Å². The van der Waals surface area contributed by atoms with E-state index in [-0.39, 0.29) is 0 Å². The van der Waals surface area contributed by atoms with Gasteiger partial charge in [0.25, 0.3) is 5.91 Å². The second-order valence-corrected chi connectivity index (χ2v) is 6.07. The summed E-state index contributed by atoms with van der Waals surface area (Å²) >= 11 is 5.94. The van der Waals surface area contributed by atoms with Crippen LogP contribution in [0, 0.1) is 6.92 Å². The molecule has 0 saturated carbocycles. The van der Waals surface area contributed by atoms with Gasteiger partial charge in [-0.15, -0.1) is 0 Å². The smallest absolute Gasteiger partial charge is 0.338 e. The van der Waals surface area contributed by atoms with Crippen LogP contribution >= 0.6 is 11.6 Å². The number of aryl methyl sites for hydroxylation is 1. The Kier molecular flexibility index (Phi) is 4.72. The molecule has 0 radical (unpaired) electrons. The van der Waals surface area contributed by atoms with Gasteiger partial charge in [-0.3, -0.25) is 4.79 Å². The number of esters is 1. The summed E-state index contributed by atoms with van der Waals surface area (Å²) in [6.45, 7) is 3.37. The SMILES string of the molecule is Cc1ccc(Cl)cc1NC(=O)C(C)OC(=O)c1ccc2nc[nH]c2c1. The van der Waals surface area contributed by atoms with Crippen LogP contribution in [0.4, 0.5) is 5.69 Å². The van der Waals surface area contributed by atoms with Gasteiger partial charge in [-0.2, -0.15) is 0 Å². The number of benzene rings is 2. The number of rotatable bonds is 4. The summed E-state index contributed by atoms with van der Waals surface area (Å²) < 4.78 is 5.25. The minimum absolute atomic E-state index is 0.343. The van der Waals surface area contributed by atoms with Gasteiger partial charge in [-0.25, -0.2) is 9.78 Å². The Morgan fingerprint density at radius 2 is 2.04 bits per heavy atom. The Bertz CT molecular complexity index is 952. The zero-order chi connectivity index (χ0) is 18.0. The van der Waals surface area contributed by atoms with Crippen LogP contribution in [0.1, 0.15) is 22.8 Å². The van der Waals surface area contributed by atoms with E-state index in [0.29, 0.717) is 16.3 Å². The molecule has 3 rings (SSSR count). The number of carbonyl (C=O) groups excluding carboxylic acids is 2. The number of amides is 1. The van der Waals surface area contributed by atoms with Gasteiger partial charge in [-0.1, -0.05) is 17.7 Å². The number of H-pyrrole nitrogens is 1. The number of nitrogens with one attached hydrogen (secondary N) is 2. The highest BCUT2D eigenvalue weighted by molar-refractivity contribution is 6.31. The van der Waals surface area contributed by atoms with E-state index in [1.165, 1.54) is 6.92 Å². The van der Waals surface area contributed by atoms with Crippen molar-refractivity contribution in [3.63, 3.8) is 0 Å². The quantitative estimate of drug-likeness (QED) is 0.697. The number of fused-ring (bicyclic) bond motifs is 1. The molecule has 2 aromatic carbocycles. The molecule has 25 heavy (non-hydrogen) atoms. The predicted octanol–water partition coefficient (Wildman–Crippen LogP) is 3.71. The Morgan fingerprint density at radius 3 is 2.84 bits per heavy atom. The molecular weight excluding hydrogens is 342 g/mol. The van der Waals surface area contributed by atoms with Crippen LogP contribution in [0.5, 0.6) is 0 Å². The van der Waals surface area contributed by atoms with Crippen LogP contribution < -0.4 is 5.32 Å². The number of nitrogens with zero attached hydrogens (tertiary/aromatic N) is 1. The molecule has 1 heterocycles. The van der Waals surface area contributed by atoms with Gasteiger partial charge in [0.2, 0.25) is 0 Å². The van der Waals surface area contributed by atoms with Crippen LogP contribution in [-0.4, -0.2) is 27.9 Å². The summed E-state index contributed by atoms with van der Waals surface area (Å²) in [5.74, 6) is -1.01. The normalized spacial score (nSPS) is 12.0. The van der Waals surface area contributed by atoms with Crippen LogP contribution in [0.25, 0.3) is 11.0 Å². The molecule has 1 aromatic heterocycles. The average Bonchev–Trinajstić information content (AvgIpc) is 3.05. The maximum absolute atomic E-state index is 12.3. The lowest BCUT2D eigenvalue weighted by atomic mass is 10.2. The first-order valence-electron chi connectivity index (χ1n) is 7.65. The highest BCUT2D eigenvalue weighted by atomic mass is 35.5. The van der Waals surface area contributed by atoms with Crippen molar-refractivity contribution in [3.8, 4) is 0 Å². The first-order chi connectivity index (χ1) is 11.9. The fourth-order valence-electron chi connectivity index (χ4n) is 2.31. The highest BCUT2D eigenvalue weighted by Gasteiger charge is 2.20. The molecule has 0 spiro atoms. The lowest BCUT2D eigenvalue weighted by Gasteiger charge is -2.15. The van der Waals surface area contributed by atoms with E-state index in [1.807, 2.05) is 6.92 Å². The van der Waals surface area contributed by atoms with Crippen molar-refractivity contribution < 1.29 is 14.3 Å². The Balaban J connectivity index is 1.68. The molecule has 0 fully saturated rings. The maximum atomic E-state index is 12.3. The van der Waals surface area contributed by atoms with Crippen molar-refractivity contribution >= 4 is 40.2 Å². The number of halogens is 1. The van der Waals surface area contributed by atoms with E-state index in [9.17, 15) is 9.59 Å².